The van der Waals surface area contributed by atoms with E-state index in [1.165, 1.54) is 11.1 Å². The fraction of sp³-hybridized carbons (Fsp3) is 0.682. The number of piperidine rings is 1. The van der Waals surface area contributed by atoms with E-state index in [0.29, 0.717) is 12.1 Å². The lowest BCUT2D eigenvalue weighted by molar-refractivity contribution is 0.0532. The van der Waals surface area contributed by atoms with E-state index in [-0.39, 0.29) is 24.0 Å². The molecule has 0 spiro atoms. The maximum atomic E-state index is 5.66. The zero-order valence-corrected chi connectivity index (χ0v) is 20.4. The number of nitrogens with one attached hydrogen (secondary N) is 2. The van der Waals surface area contributed by atoms with Crippen LogP contribution >= 0.6 is 24.0 Å². The molecule has 0 amide bonds. The Bertz CT molecular complexity index is 554. The number of aliphatic imine (C=N–C) groups is 1. The maximum Gasteiger partial charge on any atom is 0.191 e. The fourth-order valence-electron chi connectivity index (χ4n) is 3.37. The summed E-state index contributed by atoms with van der Waals surface area (Å²) in [6, 6.07) is 9.41. The summed E-state index contributed by atoms with van der Waals surface area (Å²) in [6.07, 6.45) is 4.74. The van der Waals surface area contributed by atoms with Gasteiger partial charge in [-0.1, -0.05) is 31.2 Å². The standard InChI is InChI=1S/C22H38N4O.HI/c1-5-19-6-8-20(9-7-19)10-13-24-22(23-4)25-21-11-14-26(15-12-21)16-17-27-18(2)3;/h6-9,18,21H,5,10-17H2,1-4H3,(H2,23,24,25);1H. The molecular formula is C22H39IN4O. The minimum absolute atomic E-state index is 0. The lowest BCUT2D eigenvalue weighted by Crippen LogP contribution is -2.49. The molecule has 1 aliphatic heterocycles. The van der Waals surface area contributed by atoms with Gasteiger partial charge in [0.25, 0.3) is 0 Å². The summed E-state index contributed by atoms with van der Waals surface area (Å²) in [7, 11) is 1.85. The Morgan fingerprint density at radius 2 is 1.82 bits per heavy atom. The van der Waals surface area contributed by atoms with Crippen molar-refractivity contribution >= 4 is 29.9 Å². The molecule has 0 unspecified atom stereocenters. The smallest absolute Gasteiger partial charge is 0.191 e. The third-order valence-electron chi connectivity index (χ3n) is 5.15. The Balaban J connectivity index is 0.00000392. The summed E-state index contributed by atoms with van der Waals surface area (Å²) in [5.41, 5.74) is 2.76. The molecule has 0 saturated carbocycles. The van der Waals surface area contributed by atoms with Gasteiger partial charge in [-0.2, -0.15) is 0 Å². The Hall–Kier alpha value is -0.860. The number of rotatable bonds is 9. The van der Waals surface area contributed by atoms with E-state index in [1.54, 1.807) is 0 Å². The van der Waals surface area contributed by atoms with E-state index in [0.717, 1.165) is 64.4 Å². The van der Waals surface area contributed by atoms with Crippen molar-refractivity contribution in [2.75, 3.05) is 39.8 Å². The third-order valence-corrected chi connectivity index (χ3v) is 5.15. The van der Waals surface area contributed by atoms with E-state index in [2.05, 4.69) is 65.6 Å². The molecule has 2 N–H and O–H groups in total. The number of ether oxygens (including phenoxy) is 1. The number of guanidine groups is 1. The topological polar surface area (TPSA) is 48.9 Å². The van der Waals surface area contributed by atoms with Crippen molar-refractivity contribution < 1.29 is 4.74 Å². The van der Waals surface area contributed by atoms with Gasteiger partial charge in [-0.25, -0.2) is 0 Å². The number of halogens is 1. The predicted octanol–water partition coefficient (Wildman–Crippen LogP) is 3.46. The third kappa shape index (κ3) is 9.56. The molecule has 6 heteroatoms. The molecule has 160 valence electrons. The maximum absolute atomic E-state index is 5.66. The van der Waals surface area contributed by atoms with Crippen LogP contribution in [0.2, 0.25) is 0 Å². The average molecular weight is 502 g/mol. The normalized spacial score (nSPS) is 16.1. The number of hydrogen-bond donors (Lipinski definition) is 2. The molecule has 0 bridgehead atoms. The van der Waals surface area contributed by atoms with Crippen LogP contribution < -0.4 is 10.6 Å². The highest BCUT2D eigenvalue weighted by Crippen LogP contribution is 2.10. The van der Waals surface area contributed by atoms with E-state index in [9.17, 15) is 0 Å². The first-order chi connectivity index (χ1) is 13.1. The Kier molecular flexibility index (Phi) is 12.7. The monoisotopic (exact) mass is 502 g/mol. The molecular weight excluding hydrogens is 463 g/mol. The number of hydrogen-bond acceptors (Lipinski definition) is 3. The zero-order valence-electron chi connectivity index (χ0n) is 18.0. The fourth-order valence-corrected chi connectivity index (χ4v) is 3.37. The summed E-state index contributed by atoms with van der Waals surface area (Å²) < 4.78 is 5.66. The van der Waals surface area contributed by atoms with Crippen molar-refractivity contribution in [3.05, 3.63) is 35.4 Å². The molecule has 28 heavy (non-hydrogen) atoms. The summed E-state index contributed by atoms with van der Waals surface area (Å²) in [5.74, 6) is 0.918. The van der Waals surface area contributed by atoms with Crippen molar-refractivity contribution in [1.82, 2.24) is 15.5 Å². The van der Waals surface area contributed by atoms with Crippen molar-refractivity contribution in [1.29, 1.82) is 0 Å². The zero-order chi connectivity index (χ0) is 19.5. The average Bonchev–Trinajstić information content (AvgIpc) is 2.68. The van der Waals surface area contributed by atoms with Crippen LogP contribution in [-0.2, 0) is 17.6 Å². The van der Waals surface area contributed by atoms with Gasteiger partial charge in [0.1, 0.15) is 0 Å². The summed E-state index contributed by atoms with van der Waals surface area (Å²) in [6.45, 7) is 11.4. The number of nitrogens with zero attached hydrogens (tertiary/aromatic N) is 2. The van der Waals surface area contributed by atoms with Gasteiger partial charge >= 0.3 is 0 Å². The van der Waals surface area contributed by atoms with Crippen molar-refractivity contribution in [3.8, 4) is 0 Å². The van der Waals surface area contributed by atoms with Gasteiger partial charge < -0.3 is 20.3 Å². The molecule has 1 fully saturated rings. The van der Waals surface area contributed by atoms with Crippen LogP contribution in [0.25, 0.3) is 0 Å². The van der Waals surface area contributed by atoms with Gasteiger partial charge in [-0.15, -0.1) is 24.0 Å². The summed E-state index contributed by atoms with van der Waals surface area (Å²) in [5, 5.41) is 7.04. The second-order valence-corrected chi connectivity index (χ2v) is 7.60. The second-order valence-electron chi connectivity index (χ2n) is 7.60. The summed E-state index contributed by atoms with van der Waals surface area (Å²) in [4.78, 5) is 6.89. The Morgan fingerprint density at radius 3 is 2.39 bits per heavy atom. The molecule has 0 radical (unpaired) electrons. The number of benzene rings is 1. The van der Waals surface area contributed by atoms with Gasteiger partial charge in [-0.05, 0) is 50.7 Å². The van der Waals surface area contributed by atoms with Crippen LogP contribution in [0.1, 0.15) is 44.7 Å². The minimum Gasteiger partial charge on any atom is -0.377 e. The van der Waals surface area contributed by atoms with Gasteiger partial charge in [0.05, 0.1) is 12.7 Å². The highest BCUT2D eigenvalue weighted by atomic mass is 127. The van der Waals surface area contributed by atoms with E-state index >= 15 is 0 Å². The molecule has 1 saturated heterocycles. The van der Waals surface area contributed by atoms with Gasteiger partial charge in [0.15, 0.2) is 5.96 Å². The SMILES string of the molecule is CCc1ccc(CCNC(=NC)NC2CCN(CCOC(C)C)CC2)cc1.I. The Labute approximate surface area is 188 Å². The second kappa shape index (κ2) is 14.2. The molecule has 0 aliphatic carbocycles. The highest BCUT2D eigenvalue weighted by Gasteiger charge is 2.19. The van der Waals surface area contributed by atoms with Crippen LogP contribution in [0.15, 0.2) is 29.3 Å². The number of aryl methyl sites for hydroxylation is 1. The predicted molar refractivity (Wildman–Crippen MR) is 130 cm³/mol. The molecule has 0 aromatic heterocycles. The molecule has 1 aromatic rings. The summed E-state index contributed by atoms with van der Waals surface area (Å²) >= 11 is 0. The lowest BCUT2D eigenvalue weighted by Gasteiger charge is -2.33. The van der Waals surface area contributed by atoms with Crippen LogP contribution in [0.4, 0.5) is 0 Å². The van der Waals surface area contributed by atoms with Gasteiger partial charge in [0, 0.05) is 39.3 Å². The number of likely N-dealkylation sites (tertiary alicyclic amines) is 1. The highest BCUT2D eigenvalue weighted by molar-refractivity contribution is 14.0. The van der Waals surface area contributed by atoms with Crippen molar-refractivity contribution in [3.63, 3.8) is 0 Å². The van der Waals surface area contributed by atoms with Gasteiger partial charge in [0.2, 0.25) is 0 Å². The van der Waals surface area contributed by atoms with E-state index < -0.39 is 0 Å². The largest absolute Gasteiger partial charge is 0.377 e. The lowest BCUT2D eigenvalue weighted by atomic mass is 10.1. The van der Waals surface area contributed by atoms with Crippen LogP contribution in [-0.4, -0.2) is 62.8 Å². The first-order valence-electron chi connectivity index (χ1n) is 10.5. The van der Waals surface area contributed by atoms with Crippen molar-refractivity contribution in [2.24, 2.45) is 4.99 Å². The first kappa shape index (κ1) is 25.2. The van der Waals surface area contributed by atoms with E-state index in [1.807, 2.05) is 7.05 Å². The molecule has 1 aromatic carbocycles. The van der Waals surface area contributed by atoms with Crippen LogP contribution in [0, 0.1) is 0 Å². The quantitative estimate of drug-likeness (QED) is 0.309. The molecule has 1 aliphatic rings. The first-order valence-corrected chi connectivity index (χ1v) is 10.5. The van der Waals surface area contributed by atoms with Gasteiger partial charge in [-0.3, -0.25) is 4.99 Å². The molecule has 2 rings (SSSR count). The van der Waals surface area contributed by atoms with E-state index in [4.69, 9.17) is 4.74 Å². The van der Waals surface area contributed by atoms with Crippen molar-refractivity contribution in [2.45, 2.75) is 58.6 Å². The Morgan fingerprint density at radius 1 is 1.18 bits per heavy atom. The van der Waals surface area contributed by atoms with Crippen LogP contribution in [0.3, 0.4) is 0 Å². The van der Waals surface area contributed by atoms with Crippen LogP contribution in [0.5, 0.6) is 0 Å². The molecule has 1 heterocycles. The molecule has 5 nitrogen and oxygen atoms in total. The minimum atomic E-state index is 0. The molecule has 0 atom stereocenters.